The van der Waals surface area contributed by atoms with E-state index in [1.54, 1.807) is 17.9 Å². The number of piperidine rings is 1. The van der Waals surface area contributed by atoms with Crippen molar-refractivity contribution in [2.75, 3.05) is 19.7 Å². The summed E-state index contributed by atoms with van der Waals surface area (Å²) in [5, 5.41) is 16.7. The molecule has 24 heavy (non-hydrogen) atoms. The van der Waals surface area contributed by atoms with Gasteiger partial charge < -0.3 is 10.0 Å². The van der Waals surface area contributed by atoms with Crippen molar-refractivity contribution in [1.29, 1.82) is 5.26 Å². The maximum atomic E-state index is 12.8. The SMILES string of the molecule is CCO.N#C/C(=C\C(=O)c1ccc(F)cc1)C(=O)N1CCCCC1. The molecule has 0 saturated carbocycles. The summed E-state index contributed by atoms with van der Waals surface area (Å²) in [4.78, 5) is 25.8. The van der Waals surface area contributed by atoms with Crippen LogP contribution in [0.3, 0.4) is 0 Å². The van der Waals surface area contributed by atoms with Crippen LogP contribution in [-0.4, -0.2) is 41.4 Å². The van der Waals surface area contributed by atoms with Crippen LogP contribution < -0.4 is 0 Å². The summed E-state index contributed by atoms with van der Waals surface area (Å²) in [6.07, 6.45) is 3.93. The zero-order chi connectivity index (χ0) is 17.9. The number of benzene rings is 1. The van der Waals surface area contributed by atoms with Crippen molar-refractivity contribution in [3.8, 4) is 6.07 Å². The fourth-order valence-corrected chi connectivity index (χ4v) is 2.24. The number of aliphatic hydroxyl groups excluding tert-OH is 1. The lowest BCUT2D eigenvalue weighted by molar-refractivity contribution is -0.127. The molecule has 5 nitrogen and oxygen atoms in total. The molecule has 0 aliphatic carbocycles. The molecule has 0 unspecified atom stereocenters. The number of allylic oxidation sites excluding steroid dienone is 1. The number of nitriles is 1. The normalized spacial score (nSPS) is 14.2. The number of halogens is 1. The Morgan fingerprint density at radius 2 is 1.79 bits per heavy atom. The zero-order valence-electron chi connectivity index (χ0n) is 13.7. The summed E-state index contributed by atoms with van der Waals surface area (Å²) in [6.45, 7) is 3.16. The molecule has 6 heteroatoms. The molecule has 0 aromatic heterocycles. The van der Waals surface area contributed by atoms with Crippen molar-refractivity contribution in [2.24, 2.45) is 0 Å². The van der Waals surface area contributed by atoms with Gasteiger partial charge in [-0.25, -0.2) is 4.39 Å². The minimum absolute atomic E-state index is 0.175. The van der Waals surface area contributed by atoms with Crippen LogP contribution in [0.5, 0.6) is 0 Å². The van der Waals surface area contributed by atoms with Gasteiger partial charge in [0, 0.05) is 31.3 Å². The topological polar surface area (TPSA) is 81.4 Å². The Kier molecular flexibility index (Phi) is 8.37. The zero-order valence-corrected chi connectivity index (χ0v) is 13.7. The van der Waals surface area contributed by atoms with E-state index in [0.29, 0.717) is 13.1 Å². The molecule has 1 aromatic carbocycles. The van der Waals surface area contributed by atoms with Crippen LogP contribution in [0.4, 0.5) is 4.39 Å². The van der Waals surface area contributed by atoms with Gasteiger partial charge in [-0.2, -0.15) is 5.26 Å². The van der Waals surface area contributed by atoms with Crippen LogP contribution in [0.1, 0.15) is 36.5 Å². The first-order valence-corrected chi connectivity index (χ1v) is 7.85. The summed E-state index contributed by atoms with van der Waals surface area (Å²) in [7, 11) is 0. The first kappa shape index (κ1) is 19.5. The fourth-order valence-electron chi connectivity index (χ4n) is 2.24. The van der Waals surface area contributed by atoms with Crippen molar-refractivity contribution >= 4 is 11.7 Å². The van der Waals surface area contributed by atoms with Crippen LogP contribution in [0.25, 0.3) is 0 Å². The molecule has 0 atom stereocenters. The Bertz CT molecular complexity index is 627. The fraction of sp³-hybridized carbons (Fsp3) is 0.389. The standard InChI is InChI=1S/C16H15FN2O2.C2H6O/c17-14-6-4-12(5-7-14)15(20)10-13(11-18)16(21)19-8-2-1-3-9-19;1-2-3/h4-7,10H,1-3,8-9H2;3H,2H2,1H3/b13-10+;. The Morgan fingerprint density at radius 1 is 1.25 bits per heavy atom. The molecule has 0 radical (unpaired) electrons. The number of rotatable bonds is 3. The van der Waals surface area contributed by atoms with Crippen molar-refractivity contribution < 1.29 is 19.1 Å². The van der Waals surface area contributed by atoms with Crippen molar-refractivity contribution in [1.82, 2.24) is 4.90 Å². The smallest absolute Gasteiger partial charge is 0.264 e. The largest absolute Gasteiger partial charge is 0.397 e. The van der Waals surface area contributed by atoms with Gasteiger partial charge in [0.1, 0.15) is 17.5 Å². The molecule has 1 aromatic rings. The maximum absolute atomic E-state index is 12.8. The second-order valence-corrected chi connectivity index (χ2v) is 5.21. The average molecular weight is 332 g/mol. The van der Waals surface area contributed by atoms with Gasteiger partial charge in [0.2, 0.25) is 0 Å². The lowest BCUT2D eigenvalue weighted by atomic mass is 10.1. The Labute approximate surface area is 141 Å². The van der Waals surface area contributed by atoms with Gasteiger partial charge in [-0.15, -0.1) is 0 Å². The molecule has 1 aliphatic rings. The van der Waals surface area contributed by atoms with E-state index in [-0.39, 0.29) is 17.7 Å². The molecule has 2 rings (SSSR count). The van der Waals surface area contributed by atoms with Gasteiger partial charge in [-0.3, -0.25) is 9.59 Å². The number of nitrogens with zero attached hydrogens (tertiary/aromatic N) is 2. The molecule has 0 spiro atoms. The maximum Gasteiger partial charge on any atom is 0.264 e. The van der Waals surface area contributed by atoms with Gasteiger partial charge in [-0.1, -0.05) is 0 Å². The number of ketones is 1. The second-order valence-electron chi connectivity index (χ2n) is 5.21. The lowest BCUT2D eigenvalue weighted by Gasteiger charge is -2.26. The minimum atomic E-state index is -0.475. The molecule has 128 valence electrons. The molecular formula is C18H21FN2O3. The van der Waals surface area contributed by atoms with E-state index in [4.69, 9.17) is 10.4 Å². The monoisotopic (exact) mass is 332 g/mol. The Hall–Kier alpha value is -2.52. The van der Waals surface area contributed by atoms with Gasteiger partial charge in [0.05, 0.1) is 0 Å². The highest BCUT2D eigenvalue weighted by atomic mass is 19.1. The van der Waals surface area contributed by atoms with Crippen molar-refractivity contribution in [3.63, 3.8) is 0 Å². The highest BCUT2D eigenvalue weighted by molar-refractivity contribution is 6.11. The highest BCUT2D eigenvalue weighted by Crippen LogP contribution is 2.13. The Balaban J connectivity index is 0.000000891. The number of hydrogen-bond donors (Lipinski definition) is 1. The third-order valence-corrected chi connectivity index (χ3v) is 3.40. The molecule has 1 fully saturated rings. The van der Waals surface area contributed by atoms with Crippen LogP contribution in [-0.2, 0) is 4.79 Å². The van der Waals surface area contributed by atoms with E-state index in [1.165, 1.54) is 24.3 Å². The minimum Gasteiger partial charge on any atom is -0.397 e. The van der Waals surface area contributed by atoms with E-state index in [1.807, 2.05) is 0 Å². The molecule has 1 aliphatic heterocycles. The third kappa shape index (κ3) is 5.94. The molecule has 1 amide bonds. The van der Waals surface area contributed by atoms with Gasteiger partial charge in [-0.05, 0) is 50.5 Å². The van der Waals surface area contributed by atoms with Gasteiger partial charge >= 0.3 is 0 Å². The van der Waals surface area contributed by atoms with Gasteiger partial charge in [0.15, 0.2) is 5.78 Å². The summed E-state index contributed by atoms with van der Waals surface area (Å²) in [5.41, 5.74) is 0.0711. The summed E-state index contributed by atoms with van der Waals surface area (Å²) in [5.74, 6) is -1.33. The van der Waals surface area contributed by atoms with E-state index in [0.717, 1.165) is 25.3 Å². The van der Waals surface area contributed by atoms with Crippen LogP contribution in [0.2, 0.25) is 0 Å². The van der Waals surface area contributed by atoms with Gasteiger partial charge in [0.25, 0.3) is 5.91 Å². The lowest BCUT2D eigenvalue weighted by Crippen LogP contribution is -2.36. The van der Waals surface area contributed by atoms with E-state index >= 15 is 0 Å². The first-order chi connectivity index (χ1) is 11.5. The predicted molar refractivity (Wildman–Crippen MR) is 87.6 cm³/mol. The quantitative estimate of drug-likeness (QED) is 0.524. The summed E-state index contributed by atoms with van der Waals surface area (Å²) in [6, 6.07) is 6.77. The second kappa shape index (κ2) is 10.3. The number of carbonyl (C=O) groups excluding carboxylic acids is 2. The van der Waals surface area contributed by atoms with E-state index < -0.39 is 17.5 Å². The number of aliphatic hydroxyl groups is 1. The molecule has 1 N–H and O–H groups in total. The Morgan fingerprint density at radius 3 is 2.29 bits per heavy atom. The van der Waals surface area contributed by atoms with Crippen molar-refractivity contribution in [2.45, 2.75) is 26.2 Å². The van der Waals surface area contributed by atoms with E-state index in [9.17, 15) is 14.0 Å². The van der Waals surface area contributed by atoms with E-state index in [2.05, 4.69) is 0 Å². The summed E-state index contributed by atoms with van der Waals surface area (Å²) < 4.78 is 12.8. The van der Waals surface area contributed by atoms with Crippen molar-refractivity contribution in [3.05, 3.63) is 47.3 Å². The third-order valence-electron chi connectivity index (χ3n) is 3.40. The molecular weight excluding hydrogens is 311 g/mol. The van der Waals surface area contributed by atoms with Crippen LogP contribution in [0, 0.1) is 17.1 Å². The first-order valence-electron chi connectivity index (χ1n) is 7.85. The summed E-state index contributed by atoms with van der Waals surface area (Å²) >= 11 is 0. The number of amides is 1. The molecule has 1 saturated heterocycles. The van der Waals surface area contributed by atoms with Crippen LogP contribution in [0.15, 0.2) is 35.9 Å². The number of likely N-dealkylation sites (tertiary alicyclic amines) is 1. The molecule has 1 heterocycles. The average Bonchev–Trinajstić information content (AvgIpc) is 2.61. The number of carbonyl (C=O) groups is 2. The highest BCUT2D eigenvalue weighted by Gasteiger charge is 2.21. The molecule has 0 bridgehead atoms. The number of hydrogen-bond acceptors (Lipinski definition) is 4. The van der Waals surface area contributed by atoms with Crippen LogP contribution >= 0.6 is 0 Å². The predicted octanol–water partition coefficient (Wildman–Crippen LogP) is 2.47.